The highest BCUT2D eigenvalue weighted by Gasteiger charge is 2.29. The number of hydrogen-bond acceptors (Lipinski definition) is 4. The second-order valence-corrected chi connectivity index (χ2v) is 9.27. The van der Waals surface area contributed by atoms with Gasteiger partial charge in [-0.05, 0) is 53.0 Å². The number of anilines is 2. The van der Waals surface area contributed by atoms with Gasteiger partial charge in [0.25, 0.3) is 0 Å². The number of aromatic amines is 1. The average molecular weight is 503 g/mol. The first-order valence-corrected chi connectivity index (χ1v) is 11.7. The van der Waals surface area contributed by atoms with Gasteiger partial charge < -0.3 is 14.8 Å². The number of nitrogens with one attached hydrogen (secondary N) is 1. The molecule has 2 aliphatic heterocycles. The van der Waals surface area contributed by atoms with Crippen LogP contribution in [0.3, 0.4) is 0 Å². The van der Waals surface area contributed by atoms with Crippen LogP contribution < -0.4 is 9.80 Å². The fraction of sp³-hybridized carbons (Fsp3) is 0.154. The van der Waals surface area contributed by atoms with Gasteiger partial charge in [0, 0.05) is 58.2 Å². The number of aromatic nitrogens is 1. The molecule has 0 amide bonds. The van der Waals surface area contributed by atoms with E-state index in [4.69, 9.17) is 0 Å². The SMILES string of the molecule is O=Nc1c2c(N3CCN(c4ccc(F)cc4)CC3)[nH]c3ccc(Br)cc3c-2c2ccccc12. The summed E-state index contributed by atoms with van der Waals surface area (Å²) >= 11 is 3.60. The minimum Gasteiger partial charge on any atom is -0.368 e. The maximum Gasteiger partial charge on any atom is 0.127 e. The van der Waals surface area contributed by atoms with Crippen molar-refractivity contribution in [2.24, 2.45) is 5.18 Å². The molecule has 33 heavy (non-hydrogen) atoms. The summed E-state index contributed by atoms with van der Waals surface area (Å²) in [6.07, 6.45) is 0. The average Bonchev–Trinajstić information content (AvgIpc) is 3.19. The molecule has 1 N–H and O–H groups in total. The molecule has 0 saturated carbocycles. The summed E-state index contributed by atoms with van der Waals surface area (Å²) in [5, 5.41) is 6.45. The Morgan fingerprint density at radius 3 is 2.24 bits per heavy atom. The zero-order chi connectivity index (χ0) is 22.5. The molecule has 0 bridgehead atoms. The van der Waals surface area contributed by atoms with E-state index >= 15 is 0 Å². The number of halogens is 2. The van der Waals surface area contributed by atoms with Crippen molar-refractivity contribution in [1.29, 1.82) is 0 Å². The molecule has 1 aliphatic carbocycles. The number of hydrogen-bond donors (Lipinski definition) is 1. The monoisotopic (exact) mass is 502 g/mol. The van der Waals surface area contributed by atoms with Crippen LogP contribution in [0.4, 0.5) is 21.6 Å². The van der Waals surface area contributed by atoms with Crippen molar-refractivity contribution in [3.05, 3.63) is 81.9 Å². The Kier molecular flexibility index (Phi) is 4.80. The molecule has 164 valence electrons. The van der Waals surface area contributed by atoms with Crippen molar-refractivity contribution in [3.8, 4) is 11.1 Å². The first-order chi connectivity index (χ1) is 16.1. The van der Waals surface area contributed by atoms with Crippen LogP contribution in [0, 0.1) is 10.7 Å². The molecule has 0 radical (unpaired) electrons. The van der Waals surface area contributed by atoms with Crippen molar-refractivity contribution in [2.75, 3.05) is 36.0 Å². The van der Waals surface area contributed by atoms with Crippen LogP contribution in [0.2, 0.25) is 0 Å². The Hall–Kier alpha value is -3.45. The second-order valence-electron chi connectivity index (χ2n) is 8.35. The predicted octanol–water partition coefficient (Wildman–Crippen LogP) is 7.05. The van der Waals surface area contributed by atoms with Gasteiger partial charge in [-0.25, -0.2) is 4.39 Å². The molecule has 2 heterocycles. The van der Waals surface area contributed by atoms with Crippen molar-refractivity contribution in [2.45, 2.75) is 0 Å². The molecule has 3 aliphatic rings. The number of fused-ring (bicyclic) bond motifs is 5. The molecular formula is C26H20BrFN4O. The summed E-state index contributed by atoms with van der Waals surface area (Å²) in [6.45, 7) is 3.13. The highest BCUT2D eigenvalue weighted by Crippen LogP contribution is 2.52. The lowest BCUT2D eigenvalue weighted by molar-refractivity contribution is 0.624. The van der Waals surface area contributed by atoms with Gasteiger partial charge in [0.1, 0.15) is 17.3 Å². The van der Waals surface area contributed by atoms with Crippen molar-refractivity contribution in [3.63, 3.8) is 0 Å². The van der Waals surface area contributed by atoms with Gasteiger partial charge in [0.15, 0.2) is 0 Å². The second kappa shape index (κ2) is 7.85. The van der Waals surface area contributed by atoms with Crippen molar-refractivity contribution in [1.82, 2.24) is 4.98 Å². The summed E-state index contributed by atoms with van der Waals surface area (Å²) in [5.74, 6) is 0.693. The van der Waals surface area contributed by atoms with E-state index in [-0.39, 0.29) is 5.82 Å². The Balaban J connectivity index is 1.48. The normalized spacial score (nSPS) is 14.5. The lowest BCUT2D eigenvalue weighted by Gasteiger charge is -2.38. The van der Waals surface area contributed by atoms with E-state index in [0.29, 0.717) is 5.69 Å². The fourth-order valence-corrected chi connectivity index (χ4v) is 5.36. The van der Waals surface area contributed by atoms with E-state index in [1.54, 1.807) is 0 Å². The maximum atomic E-state index is 13.3. The van der Waals surface area contributed by atoms with Crippen molar-refractivity contribution < 1.29 is 4.39 Å². The van der Waals surface area contributed by atoms with Gasteiger partial charge in [0.05, 0.1) is 5.56 Å². The van der Waals surface area contributed by atoms with E-state index in [2.05, 4.69) is 54.1 Å². The van der Waals surface area contributed by atoms with Gasteiger partial charge in [-0.3, -0.25) is 0 Å². The van der Waals surface area contributed by atoms with E-state index in [9.17, 15) is 9.30 Å². The zero-order valence-electron chi connectivity index (χ0n) is 17.7. The summed E-state index contributed by atoms with van der Waals surface area (Å²) in [7, 11) is 0. The molecule has 3 aromatic rings. The Morgan fingerprint density at radius 1 is 0.818 bits per heavy atom. The Bertz CT molecular complexity index is 1470. The quantitative estimate of drug-likeness (QED) is 0.269. The Labute approximate surface area is 198 Å². The van der Waals surface area contributed by atoms with E-state index in [0.717, 1.165) is 75.0 Å². The molecule has 5 nitrogen and oxygen atoms in total. The minimum atomic E-state index is -0.227. The van der Waals surface area contributed by atoms with E-state index in [1.165, 1.54) is 12.1 Å². The maximum absolute atomic E-state index is 13.3. The van der Waals surface area contributed by atoms with Crippen LogP contribution in [0.25, 0.3) is 32.8 Å². The first-order valence-electron chi connectivity index (χ1n) is 10.9. The van der Waals surface area contributed by atoms with Crippen LogP contribution in [-0.2, 0) is 0 Å². The zero-order valence-corrected chi connectivity index (χ0v) is 19.3. The van der Waals surface area contributed by atoms with Gasteiger partial charge >= 0.3 is 0 Å². The predicted molar refractivity (Wildman–Crippen MR) is 136 cm³/mol. The van der Waals surface area contributed by atoms with Crippen LogP contribution in [0.5, 0.6) is 0 Å². The number of nitrogens with zero attached hydrogens (tertiary/aromatic N) is 3. The largest absolute Gasteiger partial charge is 0.368 e. The van der Waals surface area contributed by atoms with E-state index < -0.39 is 0 Å². The van der Waals surface area contributed by atoms with Crippen LogP contribution >= 0.6 is 15.9 Å². The number of piperazine rings is 1. The lowest BCUT2D eigenvalue weighted by atomic mass is 10.0. The minimum absolute atomic E-state index is 0.227. The molecule has 0 atom stereocenters. The molecule has 0 spiro atoms. The van der Waals surface area contributed by atoms with Gasteiger partial charge in [-0.1, -0.05) is 40.2 Å². The lowest BCUT2D eigenvalue weighted by Crippen LogP contribution is -2.47. The first kappa shape index (κ1) is 20.2. The summed E-state index contributed by atoms with van der Waals surface area (Å²) in [4.78, 5) is 20.2. The highest BCUT2D eigenvalue weighted by atomic mass is 79.9. The number of pyridine rings is 1. The number of rotatable bonds is 3. The summed E-state index contributed by atoms with van der Waals surface area (Å²) in [6, 6.07) is 20.8. The van der Waals surface area contributed by atoms with Crippen molar-refractivity contribution >= 4 is 54.8 Å². The third kappa shape index (κ3) is 3.26. The molecule has 1 saturated heterocycles. The fourth-order valence-electron chi connectivity index (χ4n) is 5.00. The highest BCUT2D eigenvalue weighted by molar-refractivity contribution is 9.10. The molecule has 1 fully saturated rings. The number of nitroso groups, excluding NO2 is 1. The van der Waals surface area contributed by atoms with Gasteiger partial charge in [-0.2, -0.15) is 0 Å². The molecule has 7 heteroatoms. The number of benzene rings is 3. The third-order valence-electron chi connectivity index (χ3n) is 6.56. The van der Waals surface area contributed by atoms with Gasteiger partial charge in [-0.15, -0.1) is 4.91 Å². The standard InChI is InChI=1S/C26H20BrFN4O/c27-16-5-10-22-21(15-16)23-19-3-1-2-4-20(19)25(30-33)24(23)26(29-22)32-13-11-31(12-14-32)18-8-6-17(28)7-9-18/h1-10,15,29H,11-14H2. The topological polar surface area (TPSA) is 51.7 Å². The van der Waals surface area contributed by atoms with Crippen LogP contribution in [-0.4, -0.2) is 31.2 Å². The molecule has 0 unspecified atom stereocenters. The van der Waals surface area contributed by atoms with Crippen LogP contribution in [0.1, 0.15) is 0 Å². The summed E-state index contributed by atoms with van der Waals surface area (Å²) in [5.41, 5.74) is 4.42. The molecule has 0 aromatic heterocycles. The van der Waals surface area contributed by atoms with Crippen LogP contribution in [0.15, 0.2) is 76.4 Å². The molecular weight excluding hydrogens is 483 g/mol. The van der Waals surface area contributed by atoms with E-state index in [1.807, 2.05) is 36.4 Å². The Morgan fingerprint density at radius 2 is 1.52 bits per heavy atom. The molecule has 6 rings (SSSR count). The smallest absolute Gasteiger partial charge is 0.127 e. The third-order valence-corrected chi connectivity index (χ3v) is 7.05. The molecule has 3 aromatic carbocycles. The van der Waals surface area contributed by atoms with Gasteiger partial charge in [0.2, 0.25) is 0 Å². The number of H-pyrrole nitrogens is 1. The summed E-state index contributed by atoms with van der Waals surface area (Å²) < 4.78 is 14.3.